The molecule has 0 aliphatic heterocycles. The van der Waals surface area contributed by atoms with E-state index in [0.29, 0.717) is 29.7 Å². The van der Waals surface area contributed by atoms with Crippen LogP contribution in [0.3, 0.4) is 0 Å². The van der Waals surface area contributed by atoms with E-state index in [1.807, 2.05) is 66.7 Å². The van der Waals surface area contributed by atoms with Crippen LogP contribution in [0.1, 0.15) is 27.2 Å². The van der Waals surface area contributed by atoms with E-state index in [1.54, 1.807) is 19.2 Å². The van der Waals surface area contributed by atoms with Gasteiger partial charge in [-0.15, -0.1) is 0 Å². The average molecular weight is 413 g/mol. The second-order valence-corrected chi connectivity index (χ2v) is 7.28. The van der Waals surface area contributed by atoms with Crippen LogP contribution in [0.4, 0.5) is 0 Å². The lowest BCUT2D eigenvalue weighted by Gasteiger charge is -2.10. The molecular formula is C26H23NO4. The molecule has 156 valence electrons. The monoisotopic (exact) mass is 413 g/mol. The smallest absolute Gasteiger partial charge is 0.343 e. The fraction of sp³-hybridized carbons (Fsp3) is 0.154. The van der Waals surface area contributed by atoms with Gasteiger partial charge in [-0.2, -0.15) is 0 Å². The minimum absolute atomic E-state index is 0.146. The molecule has 1 N–H and O–H groups in total. The molecule has 1 amide bonds. The number of hydrogen-bond donors (Lipinski definition) is 1. The van der Waals surface area contributed by atoms with Crippen molar-refractivity contribution in [2.75, 3.05) is 13.7 Å². The summed E-state index contributed by atoms with van der Waals surface area (Å²) in [5, 5.41) is 4.36. The maximum atomic E-state index is 12.8. The van der Waals surface area contributed by atoms with Crippen molar-refractivity contribution in [3.8, 4) is 5.75 Å². The summed E-state index contributed by atoms with van der Waals surface area (Å²) in [7, 11) is 1.63. The van der Waals surface area contributed by atoms with Gasteiger partial charge in [0.2, 0.25) is 0 Å². The van der Waals surface area contributed by atoms with Crippen molar-refractivity contribution in [2.24, 2.45) is 0 Å². The quantitative estimate of drug-likeness (QED) is 0.489. The van der Waals surface area contributed by atoms with E-state index in [4.69, 9.17) is 9.15 Å². The maximum Gasteiger partial charge on any atom is 0.343 e. The van der Waals surface area contributed by atoms with Crippen molar-refractivity contribution in [3.05, 3.63) is 112 Å². The first-order valence-corrected chi connectivity index (χ1v) is 10.1. The van der Waals surface area contributed by atoms with Crippen molar-refractivity contribution in [2.45, 2.75) is 12.8 Å². The molecule has 0 saturated heterocycles. The molecule has 4 rings (SSSR count). The van der Waals surface area contributed by atoms with Crippen LogP contribution in [-0.4, -0.2) is 19.6 Å². The summed E-state index contributed by atoms with van der Waals surface area (Å²) in [6.45, 7) is 0.518. The predicted octanol–water partition coefficient (Wildman–Crippen LogP) is 4.36. The Bertz CT molecular complexity index is 1260. The Morgan fingerprint density at radius 3 is 2.52 bits per heavy atom. The van der Waals surface area contributed by atoms with E-state index in [9.17, 15) is 9.59 Å². The number of rotatable bonds is 7. The van der Waals surface area contributed by atoms with Gasteiger partial charge in [-0.3, -0.25) is 4.79 Å². The molecule has 5 nitrogen and oxygen atoms in total. The highest BCUT2D eigenvalue weighted by molar-refractivity contribution is 5.95. The van der Waals surface area contributed by atoms with Crippen LogP contribution >= 0.6 is 0 Å². The molecule has 0 saturated carbocycles. The summed E-state index contributed by atoms with van der Waals surface area (Å²) >= 11 is 0. The highest BCUT2D eigenvalue weighted by Crippen LogP contribution is 2.18. The van der Waals surface area contributed by atoms with E-state index < -0.39 is 0 Å². The first-order valence-electron chi connectivity index (χ1n) is 10.1. The van der Waals surface area contributed by atoms with Crippen molar-refractivity contribution >= 4 is 16.7 Å². The number of fused-ring (bicyclic) bond motifs is 1. The Morgan fingerprint density at radius 1 is 0.968 bits per heavy atom. The van der Waals surface area contributed by atoms with Crippen molar-refractivity contribution in [3.63, 3.8) is 0 Å². The molecule has 0 aliphatic rings. The van der Waals surface area contributed by atoms with Crippen molar-refractivity contribution in [1.82, 2.24) is 5.32 Å². The van der Waals surface area contributed by atoms with Gasteiger partial charge in [-0.25, -0.2) is 4.79 Å². The third kappa shape index (κ3) is 4.83. The van der Waals surface area contributed by atoms with Gasteiger partial charge in [-0.05, 0) is 53.3 Å². The largest absolute Gasteiger partial charge is 0.497 e. The Hall–Kier alpha value is -3.86. The molecule has 3 aromatic carbocycles. The molecule has 0 atom stereocenters. The number of carbonyl (C=O) groups is 1. The van der Waals surface area contributed by atoms with E-state index >= 15 is 0 Å². The third-order valence-electron chi connectivity index (χ3n) is 5.21. The van der Waals surface area contributed by atoms with Gasteiger partial charge in [0.05, 0.1) is 12.5 Å². The van der Waals surface area contributed by atoms with Gasteiger partial charge in [0.15, 0.2) is 0 Å². The van der Waals surface area contributed by atoms with Gasteiger partial charge in [0.1, 0.15) is 11.5 Å². The number of ether oxygens (including phenoxy) is 1. The van der Waals surface area contributed by atoms with Crippen LogP contribution in [0.15, 0.2) is 88.1 Å². The van der Waals surface area contributed by atoms with Gasteiger partial charge >= 0.3 is 5.63 Å². The van der Waals surface area contributed by atoms with Crippen LogP contribution in [-0.2, 0) is 12.8 Å². The lowest BCUT2D eigenvalue weighted by atomic mass is 10.0. The van der Waals surface area contributed by atoms with Gasteiger partial charge in [0.25, 0.3) is 5.91 Å². The Labute approximate surface area is 180 Å². The first-order chi connectivity index (χ1) is 15.1. The molecule has 0 bridgehead atoms. The van der Waals surface area contributed by atoms with E-state index in [1.165, 1.54) is 0 Å². The lowest BCUT2D eigenvalue weighted by Crippen LogP contribution is -2.26. The zero-order valence-electron chi connectivity index (χ0n) is 17.3. The standard InChI is InChI=1S/C26H23NO4/c1-30-21-12-10-18(11-13-21)14-15-27-25(28)23-8-4-2-6-19(23)16-22-17-20-7-3-5-9-24(20)26(29)31-22/h2-13,17H,14-16H2,1H3,(H,27,28). The van der Waals surface area contributed by atoms with Crippen molar-refractivity contribution in [1.29, 1.82) is 0 Å². The average Bonchev–Trinajstić information content (AvgIpc) is 2.80. The number of methoxy groups -OCH3 is 1. The van der Waals surface area contributed by atoms with Gasteiger partial charge in [-0.1, -0.05) is 48.5 Å². The molecule has 0 aliphatic carbocycles. The third-order valence-corrected chi connectivity index (χ3v) is 5.21. The minimum atomic E-state index is -0.366. The summed E-state index contributed by atoms with van der Waals surface area (Å²) in [6.07, 6.45) is 1.08. The Kier molecular flexibility index (Phi) is 6.13. The lowest BCUT2D eigenvalue weighted by molar-refractivity contribution is 0.0953. The van der Waals surface area contributed by atoms with Crippen LogP contribution in [0.2, 0.25) is 0 Å². The van der Waals surface area contributed by atoms with Crippen LogP contribution in [0.5, 0.6) is 5.75 Å². The highest BCUT2D eigenvalue weighted by atomic mass is 16.5. The van der Waals surface area contributed by atoms with E-state index in [-0.39, 0.29) is 11.5 Å². The SMILES string of the molecule is COc1ccc(CCNC(=O)c2ccccc2Cc2cc3ccccc3c(=O)o2)cc1. The molecule has 31 heavy (non-hydrogen) atoms. The van der Waals surface area contributed by atoms with E-state index in [0.717, 1.165) is 28.7 Å². The second kappa shape index (κ2) is 9.30. The van der Waals surface area contributed by atoms with Crippen molar-refractivity contribution < 1.29 is 13.9 Å². The Morgan fingerprint density at radius 2 is 1.71 bits per heavy atom. The minimum Gasteiger partial charge on any atom is -0.497 e. The molecule has 0 spiro atoms. The molecular weight excluding hydrogens is 390 g/mol. The number of nitrogens with one attached hydrogen (secondary N) is 1. The molecule has 4 aromatic rings. The van der Waals surface area contributed by atoms with Gasteiger partial charge in [0, 0.05) is 18.5 Å². The van der Waals surface area contributed by atoms with Crippen LogP contribution in [0, 0.1) is 0 Å². The van der Waals surface area contributed by atoms with E-state index in [2.05, 4.69) is 5.32 Å². The predicted molar refractivity (Wildman–Crippen MR) is 121 cm³/mol. The fourth-order valence-corrected chi connectivity index (χ4v) is 3.56. The van der Waals surface area contributed by atoms with Crippen LogP contribution < -0.4 is 15.7 Å². The summed E-state index contributed by atoms with van der Waals surface area (Å²) in [5.74, 6) is 1.19. The number of amides is 1. The fourth-order valence-electron chi connectivity index (χ4n) is 3.56. The summed E-state index contributed by atoms with van der Waals surface area (Å²) in [6, 6.07) is 24.3. The molecule has 0 unspecified atom stereocenters. The maximum absolute atomic E-state index is 12.8. The molecule has 1 aromatic heterocycles. The number of carbonyl (C=O) groups excluding carboxylic acids is 1. The van der Waals surface area contributed by atoms with Crippen LogP contribution in [0.25, 0.3) is 10.8 Å². The van der Waals surface area contributed by atoms with Gasteiger partial charge < -0.3 is 14.5 Å². The normalized spacial score (nSPS) is 10.7. The number of benzene rings is 3. The molecule has 1 heterocycles. The molecule has 5 heteroatoms. The molecule has 0 radical (unpaired) electrons. The Balaban J connectivity index is 1.46. The molecule has 0 fully saturated rings. The zero-order chi connectivity index (χ0) is 21.6. The topological polar surface area (TPSA) is 68.5 Å². The number of hydrogen-bond acceptors (Lipinski definition) is 4. The summed E-state index contributed by atoms with van der Waals surface area (Å²) in [5.41, 5.74) is 2.14. The highest BCUT2D eigenvalue weighted by Gasteiger charge is 2.13. The summed E-state index contributed by atoms with van der Waals surface area (Å²) in [4.78, 5) is 25.1. The summed E-state index contributed by atoms with van der Waals surface area (Å²) < 4.78 is 10.7. The zero-order valence-corrected chi connectivity index (χ0v) is 17.3. The first kappa shape index (κ1) is 20.4. The second-order valence-electron chi connectivity index (χ2n) is 7.28.